The monoisotopic (exact) mass is 372 g/mol. The molecule has 0 spiro atoms. The summed E-state index contributed by atoms with van der Waals surface area (Å²) in [4.78, 5) is 27.1. The van der Waals surface area contributed by atoms with Crippen LogP contribution < -0.4 is 5.69 Å². The van der Waals surface area contributed by atoms with Crippen molar-refractivity contribution in [2.24, 2.45) is 5.92 Å². The summed E-state index contributed by atoms with van der Waals surface area (Å²) in [7, 11) is 1.86. The summed E-state index contributed by atoms with van der Waals surface area (Å²) in [6, 6.07) is 2.09. The topological polar surface area (TPSA) is 78.0 Å². The third-order valence-electron chi connectivity index (χ3n) is 5.84. The number of rotatable bonds is 5. The van der Waals surface area contributed by atoms with Gasteiger partial charge in [-0.3, -0.25) is 14.0 Å². The van der Waals surface area contributed by atoms with Crippen molar-refractivity contribution in [3.8, 4) is 0 Å². The van der Waals surface area contributed by atoms with Gasteiger partial charge in [-0.2, -0.15) is 10.2 Å². The van der Waals surface area contributed by atoms with E-state index in [9.17, 15) is 9.59 Å². The molecule has 8 nitrogen and oxygen atoms in total. The molecule has 1 fully saturated rings. The molecule has 1 amide bonds. The molecule has 1 saturated carbocycles. The number of fused-ring (bicyclic) bond motifs is 1. The number of carbonyl (C=O) groups excluding carboxylic acids is 1. The maximum absolute atomic E-state index is 12.7. The molecule has 2 aliphatic rings. The molecule has 3 heterocycles. The molecule has 0 saturated heterocycles. The zero-order valence-corrected chi connectivity index (χ0v) is 16.4. The van der Waals surface area contributed by atoms with E-state index in [0.29, 0.717) is 12.5 Å². The van der Waals surface area contributed by atoms with Crippen molar-refractivity contribution in [2.75, 3.05) is 7.05 Å². The quantitative estimate of drug-likeness (QED) is 0.788. The predicted molar refractivity (Wildman–Crippen MR) is 100 cm³/mol. The van der Waals surface area contributed by atoms with E-state index in [2.05, 4.69) is 10.2 Å². The first-order chi connectivity index (χ1) is 12.9. The number of aryl methyl sites for hydroxylation is 3. The fourth-order valence-electron chi connectivity index (χ4n) is 3.94. The largest absolute Gasteiger partial charge is 0.345 e. The van der Waals surface area contributed by atoms with Crippen LogP contribution in [0.1, 0.15) is 42.9 Å². The summed E-state index contributed by atoms with van der Waals surface area (Å²) in [6.07, 6.45) is 4.76. The zero-order valence-electron chi connectivity index (χ0n) is 16.4. The molecule has 1 atom stereocenters. The molecule has 0 aromatic carbocycles. The lowest BCUT2D eigenvalue weighted by molar-refractivity contribution is -0.133. The van der Waals surface area contributed by atoms with Crippen LogP contribution in [0.15, 0.2) is 10.9 Å². The average molecular weight is 372 g/mol. The Balaban J connectivity index is 1.41. The van der Waals surface area contributed by atoms with E-state index in [1.807, 2.05) is 36.4 Å². The number of nitrogens with zero attached hydrogens (tertiary/aromatic N) is 6. The van der Waals surface area contributed by atoms with Crippen LogP contribution in [0.2, 0.25) is 0 Å². The Morgan fingerprint density at radius 3 is 2.63 bits per heavy atom. The normalized spacial score (nSPS) is 19.6. The Morgan fingerprint density at radius 1 is 1.19 bits per heavy atom. The second-order valence-electron chi connectivity index (χ2n) is 8.05. The minimum absolute atomic E-state index is 0.00849. The van der Waals surface area contributed by atoms with Gasteiger partial charge in [-0.05, 0) is 51.5 Å². The molecule has 1 unspecified atom stereocenters. The van der Waals surface area contributed by atoms with E-state index in [1.54, 1.807) is 9.36 Å². The van der Waals surface area contributed by atoms with Gasteiger partial charge in [0.2, 0.25) is 5.91 Å². The van der Waals surface area contributed by atoms with Gasteiger partial charge in [-0.1, -0.05) is 0 Å². The van der Waals surface area contributed by atoms with Gasteiger partial charge in [-0.15, -0.1) is 0 Å². The molecule has 0 radical (unpaired) electrons. The fourth-order valence-corrected chi connectivity index (χ4v) is 3.94. The van der Waals surface area contributed by atoms with Gasteiger partial charge in [0.1, 0.15) is 12.4 Å². The van der Waals surface area contributed by atoms with E-state index in [-0.39, 0.29) is 24.2 Å². The molecule has 1 aliphatic carbocycles. The highest BCUT2D eigenvalue weighted by Gasteiger charge is 2.28. The van der Waals surface area contributed by atoms with Crippen LogP contribution in [0.4, 0.5) is 0 Å². The Bertz CT molecular complexity index is 904. The van der Waals surface area contributed by atoms with Crippen LogP contribution in [0.5, 0.6) is 0 Å². The number of amides is 1. The lowest BCUT2D eigenvalue weighted by atomic mass is 10.1. The standard InChI is InChI=1S/C19H28N6O2/c1-13-10-14(2)24(20-13)12-18(26)22(3)16-6-7-17-21-25(11-15-4-5-15)19(27)23(17)9-8-16/h10,15-16H,4-9,11-12H2,1-3H3. The maximum atomic E-state index is 12.7. The highest BCUT2D eigenvalue weighted by atomic mass is 16.2. The van der Waals surface area contributed by atoms with Gasteiger partial charge in [0.15, 0.2) is 0 Å². The van der Waals surface area contributed by atoms with Gasteiger partial charge < -0.3 is 4.90 Å². The van der Waals surface area contributed by atoms with Crippen molar-refractivity contribution in [1.29, 1.82) is 0 Å². The predicted octanol–water partition coefficient (Wildman–Crippen LogP) is 1.13. The van der Waals surface area contributed by atoms with Gasteiger partial charge in [0.05, 0.1) is 5.69 Å². The van der Waals surface area contributed by atoms with E-state index in [4.69, 9.17) is 0 Å². The van der Waals surface area contributed by atoms with Crippen LogP contribution in [0.25, 0.3) is 0 Å². The summed E-state index contributed by atoms with van der Waals surface area (Å²) in [5.74, 6) is 1.55. The second-order valence-corrected chi connectivity index (χ2v) is 8.05. The number of aromatic nitrogens is 5. The molecule has 0 N–H and O–H groups in total. The SMILES string of the molecule is Cc1cc(C)n(CC(=O)N(C)C2CCc3nn(CC4CC4)c(=O)n3CC2)n1. The third kappa shape index (κ3) is 3.70. The van der Waals surface area contributed by atoms with Crippen molar-refractivity contribution in [2.45, 2.75) is 71.6 Å². The Morgan fingerprint density at radius 2 is 1.96 bits per heavy atom. The lowest BCUT2D eigenvalue weighted by Crippen LogP contribution is -2.40. The van der Waals surface area contributed by atoms with E-state index < -0.39 is 0 Å². The summed E-state index contributed by atoms with van der Waals surface area (Å²) in [5.41, 5.74) is 1.92. The molecule has 2 aromatic heterocycles. The molecule has 27 heavy (non-hydrogen) atoms. The Hall–Kier alpha value is -2.38. The van der Waals surface area contributed by atoms with E-state index in [0.717, 1.165) is 43.0 Å². The van der Waals surface area contributed by atoms with Crippen LogP contribution in [0, 0.1) is 19.8 Å². The number of hydrogen-bond acceptors (Lipinski definition) is 4. The molecular formula is C19H28N6O2. The smallest absolute Gasteiger partial charge is 0.341 e. The highest BCUT2D eigenvalue weighted by Crippen LogP contribution is 2.30. The molecule has 2 aromatic rings. The Labute approximate surface area is 158 Å². The first kappa shape index (κ1) is 18.0. The first-order valence-electron chi connectivity index (χ1n) is 9.85. The maximum Gasteiger partial charge on any atom is 0.345 e. The number of likely N-dealkylation sites (N-methyl/N-ethyl adjacent to an activating group) is 1. The van der Waals surface area contributed by atoms with Crippen LogP contribution in [-0.2, 0) is 30.8 Å². The Kier molecular flexibility index (Phi) is 4.65. The molecular weight excluding hydrogens is 344 g/mol. The van der Waals surface area contributed by atoms with Crippen LogP contribution in [-0.4, -0.2) is 48.0 Å². The van der Waals surface area contributed by atoms with Gasteiger partial charge >= 0.3 is 5.69 Å². The van der Waals surface area contributed by atoms with Crippen molar-refractivity contribution in [3.05, 3.63) is 33.8 Å². The lowest BCUT2D eigenvalue weighted by Gasteiger charge is -2.27. The highest BCUT2D eigenvalue weighted by molar-refractivity contribution is 5.76. The molecule has 8 heteroatoms. The number of hydrogen-bond donors (Lipinski definition) is 0. The van der Waals surface area contributed by atoms with Gasteiger partial charge in [0, 0.05) is 38.3 Å². The second kappa shape index (κ2) is 6.98. The third-order valence-corrected chi connectivity index (χ3v) is 5.84. The minimum atomic E-state index is 0.00849. The first-order valence-corrected chi connectivity index (χ1v) is 9.85. The summed E-state index contributed by atoms with van der Waals surface area (Å²) in [5, 5.41) is 8.94. The molecule has 1 aliphatic heterocycles. The summed E-state index contributed by atoms with van der Waals surface area (Å²) < 4.78 is 5.21. The van der Waals surface area contributed by atoms with E-state index >= 15 is 0 Å². The van der Waals surface area contributed by atoms with Crippen molar-refractivity contribution < 1.29 is 4.79 Å². The fraction of sp³-hybridized carbons (Fsp3) is 0.684. The minimum Gasteiger partial charge on any atom is -0.341 e. The van der Waals surface area contributed by atoms with Crippen molar-refractivity contribution >= 4 is 5.91 Å². The molecule has 0 bridgehead atoms. The van der Waals surface area contributed by atoms with Crippen molar-refractivity contribution in [1.82, 2.24) is 29.0 Å². The van der Waals surface area contributed by atoms with E-state index in [1.165, 1.54) is 12.8 Å². The average Bonchev–Trinajstić information content (AvgIpc) is 3.36. The molecule has 146 valence electrons. The zero-order chi connectivity index (χ0) is 19.1. The molecule has 4 rings (SSSR count). The number of carbonyl (C=O) groups is 1. The summed E-state index contributed by atoms with van der Waals surface area (Å²) >= 11 is 0. The van der Waals surface area contributed by atoms with Gasteiger partial charge in [0.25, 0.3) is 0 Å². The van der Waals surface area contributed by atoms with Gasteiger partial charge in [-0.25, -0.2) is 9.48 Å². The summed E-state index contributed by atoms with van der Waals surface area (Å²) in [6.45, 7) is 5.53. The van der Waals surface area contributed by atoms with Crippen molar-refractivity contribution in [3.63, 3.8) is 0 Å². The van der Waals surface area contributed by atoms with Crippen LogP contribution >= 0.6 is 0 Å². The van der Waals surface area contributed by atoms with Crippen LogP contribution in [0.3, 0.4) is 0 Å².